The average Bonchev–Trinajstić information content (AvgIpc) is 3.17. The molecule has 0 bridgehead atoms. The predicted molar refractivity (Wildman–Crippen MR) is 95.3 cm³/mol. The maximum absolute atomic E-state index is 12.7. The fourth-order valence-corrected chi connectivity index (χ4v) is 3.36. The van der Waals surface area contributed by atoms with Crippen molar-refractivity contribution in [3.63, 3.8) is 0 Å². The van der Waals surface area contributed by atoms with E-state index in [1.807, 2.05) is 0 Å². The van der Waals surface area contributed by atoms with Crippen LogP contribution in [-0.2, 0) is 38.4 Å². The monoisotopic (exact) mass is 422 g/mol. The molecule has 0 saturated carbocycles. The summed E-state index contributed by atoms with van der Waals surface area (Å²) in [6.07, 6.45) is 2.69. The highest BCUT2D eigenvalue weighted by Crippen LogP contribution is 2.35. The minimum atomic E-state index is -1.20. The largest absolute Gasteiger partial charge is 0.534 e. The number of carbonyl (C=O) groups is 6. The van der Waals surface area contributed by atoms with Crippen LogP contribution in [0.1, 0.15) is 58.3 Å². The van der Waals surface area contributed by atoms with Crippen molar-refractivity contribution in [2.24, 2.45) is 5.41 Å². The first-order chi connectivity index (χ1) is 14.2. The van der Waals surface area contributed by atoms with Crippen molar-refractivity contribution in [3.8, 4) is 0 Å². The first-order valence-corrected chi connectivity index (χ1v) is 9.69. The van der Waals surface area contributed by atoms with Crippen molar-refractivity contribution in [3.05, 3.63) is 12.2 Å². The summed E-state index contributed by atoms with van der Waals surface area (Å²) in [6.45, 7) is 1.65. The van der Waals surface area contributed by atoms with Crippen LogP contribution in [-0.4, -0.2) is 52.0 Å². The van der Waals surface area contributed by atoms with E-state index in [0.29, 0.717) is 23.0 Å². The Morgan fingerprint density at radius 2 is 1.43 bits per heavy atom. The summed E-state index contributed by atoms with van der Waals surface area (Å²) in [5.41, 5.74) is -1.01. The zero-order valence-corrected chi connectivity index (χ0v) is 16.5. The van der Waals surface area contributed by atoms with Crippen LogP contribution in [0.4, 0.5) is 4.79 Å². The Balaban J connectivity index is 1.57. The molecule has 2 saturated heterocycles. The zero-order valence-electron chi connectivity index (χ0n) is 16.5. The molecule has 2 atom stereocenters. The molecule has 0 unspecified atom stereocenters. The summed E-state index contributed by atoms with van der Waals surface area (Å²) in [5.74, 6) is -3.07. The van der Waals surface area contributed by atoms with Crippen LogP contribution in [0.15, 0.2) is 12.2 Å². The summed E-state index contributed by atoms with van der Waals surface area (Å²) in [7, 11) is 0. The van der Waals surface area contributed by atoms with Crippen LogP contribution in [0.5, 0.6) is 0 Å². The van der Waals surface area contributed by atoms with Crippen LogP contribution in [0.25, 0.3) is 0 Å². The average molecular weight is 422 g/mol. The van der Waals surface area contributed by atoms with Crippen molar-refractivity contribution in [2.75, 3.05) is 0 Å². The van der Waals surface area contributed by atoms with Gasteiger partial charge in [-0.15, -0.1) is 5.06 Å². The summed E-state index contributed by atoms with van der Waals surface area (Å²) < 4.78 is 5.16. The second-order valence-corrected chi connectivity index (χ2v) is 7.61. The number of hydrogen-bond donors (Lipinski definition) is 0. The van der Waals surface area contributed by atoms with Gasteiger partial charge in [0.1, 0.15) is 6.10 Å². The standard InChI is InChI=1S/C19H22N2O9/c1-19(17(26)29-20-13(22)5-6-14(20)23)10-3-2-4-12(9-11-19)28-18(27)30-21-15(24)7-8-16(21)25/h2,4,12H,3,5-11H2,1H3/b4-2+/t12-,19+/m1/s1. The normalized spacial score (nSPS) is 28.2. The topological polar surface area (TPSA) is 137 Å². The summed E-state index contributed by atoms with van der Waals surface area (Å²) in [6, 6.07) is 0. The van der Waals surface area contributed by atoms with Gasteiger partial charge in [0, 0.05) is 25.7 Å². The Bertz CT molecular complexity index is 789. The lowest BCUT2D eigenvalue weighted by Crippen LogP contribution is -2.40. The quantitative estimate of drug-likeness (QED) is 0.373. The van der Waals surface area contributed by atoms with Gasteiger partial charge in [-0.25, -0.2) is 9.59 Å². The molecule has 4 amide bonds. The van der Waals surface area contributed by atoms with E-state index in [9.17, 15) is 28.8 Å². The van der Waals surface area contributed by atoms with E-state index < -0.39 is 47.3 Å². The highest BCUT2D eigenvalue weighted by Gasteiger charge is 2.41. The predicted octanol–water partition coefficient (Wildman–Crippen LogP) is 1.32. The lowest BCUT2D eigenvalue weighted by Gasteiger charge is -2.30. The molecular weight excluding hydrogens is 400 g/mol. The molecule has 30 heavy (non-hydrogen) atoms. The molecule has 0 radical (unpaired) electrons. The minimum Gasteiger partial charge on any atom is -0.425 e. The molecule has 11 heteroatoms. The van der Waals surface area contributed by atoms with Crippen molar-refractivity contribution in [1.82, 2.24) is 10.1 Å². The Morgan fingerprint density at radius 1 is 0.900 bits per heavy atom. The Morgan fingerprint density at radius 3 is 2.00 bits per heavy atom. The summed E-state index contributed by atoms with van der Waals surface area (Å²) >= 11 is 0. The van der Waals surface area contributed by atoms with Gasteiger partial charge in [0.05, 0.1) is 5.41 Å². The van der Waals surface area contributed by atoms with Crippen molar-refractivity contribution < 1.29 is 43.2 Å². The third-order valence-corrected chi connectivity index (χ3v) is 5.29. The van der Waals surface area contributed by atoms with E-state index >= 15 is 0 Å². The molecule has 0 aromatic rings. The molecule has 2 aliphatic heterocycles. The SMILES string of the molecule is C[C@]1(C(=O)ON2C(=O)CCC2=O)CC/C=C/[C@@H](OC(=O)ON2C(=O)CCC2=O)CC1. The van der Waals surface area contributed by atoms with Crippen LogP contribution in [0.2, 0.25) is 0 Å². The third-order valence-electron chi connectivity index (χ3n) is 5.29. The maximum atomic E-state index is 12.7. The first-order valence-electron chi connectivity index (χ1n) is 9.69. The molecule has 1 aliphatic carbocycles. The molecule has 0 aromatic carbocycles. The molecule has 0 spiro atoms. The lowest BCUT2D eigenvalue weighted by atomic mass is 9.79. The molecular formula is C19H22N2O9. The minimum absolute atomic E-state index is 0.00557. The second kappa shape index (κ2) is 8.64. The van der Waals surface area contributed by atoms with E-state index in [2.05, 4.69) is 4.84 Å². The van der Waals surface area contributed by atoms with E-state index in [-0.39, 0.29) is 38.5 Å². The second-order valence-electron chi connectivity index (χ2n) is 7.61. The summed E-state index contributed by atoms with van der Waals surface area (Å²) in [4.78, 5) is 80.8. The molecule has 2 fully saturated rings. The van der Waals surface area contributed by atoms with Gasteiger partial charge in [0.25, 0.3) is 23.6 Å². The fraction of sp³-hybridized carbons (Fsp3) is 0.579. The maximum Gasteiger partial charge on any atom is 0.534 e. The number of ether oxygens (including phenoxy) is 1. The van der Waals surface area contributed by atoms with Crippen LogP contribution < -0.4 is 0 Å². The summed E-state index contributed by atoms with van der Waals surface area (Å²) in [5, 5.41) is 0.901. The van der Waals surface area contributed by atoms with E-state index in [1.165, 1.54) is 0 Å². The Labute approximate surface area is 171 Å². The van der Waals surface area contributed by atoms with Crippen molar-refractivity contribution in [1.29, 1.82) is 0 Å². The van der Waals surface area contributed by atoms with Gasteiger partial charge in [-0.3, -0.25) is 24.0 Å². The Kier molecular flexibility index (Phi) is 6.18. The van der Waals surface area contributed by atoms with Crippen molar-refractivity contribution >= 4 is 35.8 Å². The molecule has 3 rings (SSSR count). The lowest BCUT2D eigenvalue weighted by molar-refractivity contribution is -0.205. The van der Waals surface area contributed by atoms with Gasteiger partial charge in [-0.05, 0) is 38.7 Å². The molecule has 3 aliphatic rings. The van der Waals surface area contributed by atoms with Crippen LogP contribution >= 0.6 is 0 Å². The zero-order chi connectivity index (χ0) is 21.9. The number of carbonyl (C=O) groups excluding carboxylic acids is 6. The van der Waals surface area contributed by atoms with E-state index in [4.69, 9.17) is 9.57 Å². The van der Waals surface area contributed by atoms with Gasteiger partial charge in [0.15, 0.2) is 0 Å². The first kappa shape index (κ1) is 21.5. The van der Waals surface area contributed by atoms with Crippen molar-refractivity contribution in [2.45, 2.75) is 64.4 Å². The number of nitrogens with zero attached hydrogens (tertiary/aromatic N) is 2. The van der Waals surface area contributed by atoms with E-state index in [0.717, 1.165) is 0 Å². The fourth-order valence-electron chi connectivity index (χ4n) is 3.36. The molecule has 11 nitrogen and oxygen atoms in total. The molecule has 2 heterocycles. The highest BCUT2D eigenvalue weighted by molar-refractivity contribution is 6.02. The third kappa shape index (κ3) is 4.66. The highest BCUT2D eigenvalue weighted by atomic mass is 16.8. The number of hydroxylamine groups is 4. The Hall–Kier alpha value is -3.24. The number of allylic oxidation sites excluding steroid dienone is 1. The molecule has 162 valence electrons. The number of amides is 4. The van der Waals surface area contributed by atoms with Gasteiger partial charge >= 0.3 is 12.1 Å². The van der Waals surface area contributed by atoms with Gasteiger partial charge in [-0.2, -0.15) is 0 Å². The van der Waals surface area contributed by atoms with Gasteiger partial charge < -0.3 is 9.57 Å². The van der Waals surface area contributed by atoms with Gasteiger partial charge in [0.2, 0.25) is 0 Å². The van der Waals surface area contributed by atoms with Crippen LogP contribution in [0, 0.1) is 5.41 Å². The molecule has 0 N–H and O–H groups in total. The van der Waals surface area contributed by atoms with Gasteiger partial charge in [-0.1, -0.05) is 11.1 Å². The molecule has 0 aromatic heterocycles. The smallest absolute Gasteiger partial charge is 0.425 e. The number of rotatable bonds is 4. The van der Waals surface area contributed by atoms with E-state index in [1.54, 1.807) is 19.1 Å². The van der Waals surface area contributed by atoms with Crippen LogP contribution in [0.3, 0.4) is 0 Å². The number of imide groups is 2. The number of hydrogen-bond acceptors (Lipinski definition) is 9.